The molecule has 1 aliphatic heterocycles. The molecule has 8 heteroatoms. The van der Waals surface area contributed by atoms with E-state index < -0.39 is 0 Å². The number of pyridine rings is 1. The van der Waals surface area contributed by atoms with E-state index in [1.54, 1.807) is 25.7 Å². The third-order valence-electron chi connectivity index (χ3n) is 4.07. The Kier molecular flexibility index (Phi) is 5.79. The van der Waals surface area contributed by atoms with Gasteiger partial charge in [0.2, 0.25) is 4.80 Å². The molecule has 0 spiro atoms. The molecule has 0 amide bonds. The number of hydrogen-bond donors (Lipinski definition) is 0. The lowest BCUT2D eigenvalue weighted by Gasteiger charge is -2.18. The summed E-state index contributed by atoms with van der Waals surface area (Å²) >= 11 is 1.53. The van der Waals surface area contributed by atoms with Crippen LogP contribution >= 0.6 is 11.3 Å². The van der Waals surface area contributed by atoms with Crippen LogP contribution in [-0.4, -0.2) is 49.3 Å². The van der Waals surface area contributed by atoms with E-state index in [0.29, 0.717) is 26.4 Å². The molecule has 1 aromatic carbocycles. The molecule has 0 bridgehead atoms. The lowest BCUT2D eigenvalue weighted by molar-refractivity contribution is 0.171. The highest BCUT2D eigenvalue weighted by Crippen LogP contribution is 2.34. The summed E-state index contributed by atoms with van der Waals surface area (Å²) in [7, 11) is 1.67. The van der Waals surface area contributed by atoms with Gasteiger partial charge in [-0.25, -0.2) is 4.68 Å². The maximum Gasteiger partial charge on any atom is 0.206 e. The van der Waals surface area contributed by atoms with Crippen molar-refractivity contribution in [3.63, 3.8) is 0 Å². The number of rotatable bonds is 6. The van der Waals surface area contributed by atoms with Crippen LogP contribution in [0.2, 0.25) is 0 Å². The molecule has 2 aromatic heterocycles. The Bertz CT molecular complexity index is 1030. The van der Waals surface area contributed by atoms with Crippen molar-refractivity contribution >= 4 is 17.6 Å². The highest BCUT2D eigenvalue weighted by molar-refractivity contribution is 7.07. The van der Waals surface area contributed by atoms with Gasteiger partial charge < -0.3 is 14.2 Å². The Balaban J connectivity index is 1.74. The first kappa shape index (κ1) is 18.4. The zero-order valence-electron chi connectivity index (χ0n) is 15.4. The van der Waals surface area contributed by atoms with Gasteiger partial charge in [0.05, 0.1) is 25.1 Å². The quantitative estimate of drug-likeness (QED) is 0.475. The molecule has 7 nitrogen and oxygen atoms in total. The molecule has 0 aliphatic carbocycles. The van der Waals surface area contributed by atoms with Crippen molar-refractivity contribution in [3.05, 3.63) is 58.5 Å². The van der Waals surface area contributed by atoms with Crippen LogP contribution in [-0.2, 0) is 4.74 Å². The number of aromatic nitrogens is 2. The van der Waals surface area contributed by atoms with E-state index in [1.165, 1.54) is 11.3 Å². The fraction of sp³-hybridized carbons (Fsp3) is 0.250. The third-order valence-corrected chi connectivity index (χ3v) is 4.93. The molecule has 0 atom stereocenters. The zero-order chi connectivity index (χ0) is 19.2. The second-order valence-corrected chi connectivity index (χ2v) is 6.82. The summed E-state index contributed by atoms with van der Waals surface area (Å²) in [6.07, 6.45) is 5.28. The molecular formula is C20H20N4O3S. The zero-order valence-corrected chi connectivity index (χ0v) is 16.3. The summed E-state index contributed by atoms with van der Waals surface area (Å²) in [5, 5.41) is 6.70. The Hall–Kier alpha value is -2.97. The molecule has 0 saturated heterocycles. The highest BCUT2D eigenvalue weighted by atomic mass is 32.1. The normalized spacial score (nSPS) is 14.0. The topological polar surface area (TPSA) is 70.2 Å². The SMILES string of the molecule is COCCN=c1scc(-c2ccc3c(c2)OCCO3)n1/N=C/c1cccnc1. The van der Waals surface area contributed by atoms with Crippen molar-refractivity contribution < 1.29 is 14.2 Å². The summed E-state index contributed by atoms with van der Waals surface area (Å²) in [4.78, 5) is 9.53. The predicted octanol–water partition coefficient (Wildman–Crippen LogP) is 2.81. The summed E-state index contributed by atoms with van der Waals surface area (Å²) in [5.74, 6) is 1.51. The van der Waals surface area contributed by atoms with E-state index in [-0.39, 0.29) is 0 Å². The summed E-state index contributed by atoms with van der Waals surface area (Å²) in [6.45, 7) is 2.25. The van der Waals surface area contributed by atoms with Crippen LogP contribution in [0.25, 0.3) is 11.3 Å². The Morgan fingerprint density at radius 1 is 1.25 bits per heavy atom. The highest BCUT2D eigenvalue weighted by Gasteiger charge is 2.15. The molecule has 0 radical (unpaired) electrons. The van der Waals surface area contributed by atoms with Gasteiger partial charge in [0.15, 0.2) is 11.5 Å². The predicted molar refractivity (Wildman–Crippen MR) is 108 cm³/mol. The number of methoxy groups -OCH3 is 1. The van der Waals surface area contributed by atoms with E-state index in [4.69, 9.17) is 14.2 Å². The summed E-state index contributed by atoms with van der Waals surface area (Å²) in [5.41, 5.74) is 2.83. The van der Waals surface area contributed by atoms with Crippen LogP contribution in [0.3, 0.4) is 0 Å². The minimum absolute atomic E-state index is 0.552. The first-order valence-corrected chi connectivity index (χ1v) is 9.77. The van der Waals surface area contributed by atoms with Gasteiger partial charge in [-0.15, -0.1) is 11.3 Å². The van der Waals surface area contributed by atoms with E-state index in [0.717, 1.165) is 33.1 Å². The van der Waals surface area contributed by atoms with Gasteiger partial charge in [0.25, 0.3) is 0 Å². The van der Waals surface area contributed by atoms with E-state index in [9.17, 15) is 0 Å². The van der Waals surface area contributed by atoms with Crippen LogP contribution in [0.4, 0.5) is 0 Å². The van der Waals surface area contributed by atoms with Crippen LogP contribution in [0.15, 0.2) is 58.2 Å². The van der Waals surface area contributed by atoms with Crippen molar-refractivity contribution in [1.29, 1.82) is 0 Å². The number of thiazole rings is 1. The minimum atomic E-state index is 0.552. The van der Waals surface area contributed by atoms with Crippen LogP contribution in [0.5, 0.6) is 11.5 Å². The fourth-order valence-corrected chi connectivity index (χ4v) is 3.59. The Labute approximate surface area is 166 Å². The summed E-state index contributed by atoms with van der Waals surface area (Å²) in [6, 6.07) is 9.74. The number of hydrogen-bond acceptors (Lipinski definition) is 7. The molecule has 0 unspecified atom stereocenters. The second-order valence-electron chi connectivity index (χ2n) is 5.98. The first-order valence-electron chi connectivity index (χ1n) is 8.89. The van der Waals surface area contributed by atoms with Gasteiger partial charge in [-0.2, -0.15) is 5.10 Å². The monoisotopic (exact) mass is 396 g/mol. The Morgan fingerprint density at radius 2 is 2.14 bits per heavy atom. The standard InChI is InChI=1S/C20H20N4O3S/c1-25-8-7-22-20-24(23-13-15-3-2-6-21-12-15)17(14-28-20)16-4-5-18-19(11-16)27-10-9-26-18/h2-6,11-14H,7-10H2,1H3/b22-20?,23-13+. The lowest BCUT2D eigenvalue weighted by atomic mass is 10.1. The second kappa shape index (κ2) is 8.81. The van der Waals surface area contributed by atoms with E-state index in [2.05, 4.69) is 15.1 Å². The fourth-order valence-electron chi connectivity index (χ4n) is 2.73. The van der Waals surface area contributed by atoms with E-state index >= 15 is 0 Å². The van der Waals surface area contributed by atoms with Crippen molar-refractivity contribution in [1.82, 2.24) is 9.66 Å². The third kappa shape index (κ3) is 4.13. The molecule has 0 fully saturated rings. The van der Waals surface area contributed by atoms with Gasteiger partial charge in [0.1, 0.15) is 13.2 Å². The average Bonchev–Trinajstić information content (AvgIpc) is 3.15. The molecule has 1 aliphatic rings. The molecule has 4 rings (SSSR count). The maximum absolute atomic E-state index is 5.72. The van der Waals surface area contributed by atoms with Gasteiger partial charge in [-0.1, -0.05) is 6.07 Å². The van der Waals surface area contributed by atoms with Gasteiger partial charge in [-0.05, 0) is 24.3 Å². The molecule has 144 valence electrons. The number of benzene rings is 1. The number of nitrogens with zero attached hydrogens (tertiary/aromatic N) is 4. The summed E-state index contributed by atoms with van der Waals surface area (Å²) < 4.78 is 18.3. The minimum Gasteiger partial charge on any atom is -0.486 e. The van der Waals surface area contributed by atoms with Crippen molar-refractivity contribution in [2.24, 2.45) is 10.1 Å². The van der Waals surface area contributed by atoms with Gasteiger partial charge in [-0.3, -0.25) is 9.98 Å². The first-order chi connectivity index (χ1) is 13.8. The van der Waals surface area contributed by atoms with Gasteiger partial charge in [0, 0.05) is 36.0 Å². The lowest BCUT2D eigenvalue weighted by Crippen LogP contribution is -2.16. The average molecular weight is 396 g/mol. The number of ether oxygens (including phenoxy) is 3. The van der Waals surface area contributed by atoms with Crippen LogP contribution < -0.4 is 14.3 Å². The molecule has 28 heavy (non-hydrogen) atoms. The molecular weight excluding hydrogens is 376 g/mol. The molecule has 3 aromatic rings. The van der Waals surface area contributed by atoms with E-state index in [1.807, 2.05) is 40.4 Å². The number of fused-ring (bicyclic) bond motifs is 1. The van der Waals surface area contributed by atoms with Gasteiger partial charge >= 0.3 is 0 Å². The maximum atomic E-state index is 5.72. The van der Waals surface area contributed by atoms with Crippen LogP contribution in [0.1, 0.15) is 5.56 Å². The van der Waals surface area contributed by atoms with Crippen molar-refractivity contribution in [3.8, 4) is 22.8 Å². The van der Waals surface area contributed by atoms with Crippen LogP contribution in [0, 0.1) is 0 Å². The smallest absolute Gasteiger partial charge is 0.206 e. The molecule has 3 heterocycles. The van der Waals surface area contributed by atoms with Crippen molar-refractivity contribution in [2.75, 3.05) is 33.5 Å². The molecule has 0 N–H and O–H groups in total. The Morgan fingerprint density at radius 3 is 2.96 bits per heavy atom. The largest absolute Gasteiger partial charge is 0.486 e. The van der Waals surface area contributed by atoms with Crippen molar-refractivity contribution in [2.45, 2.75) is 0 Å². The molecule has 0 saturated carbocycles.